The maximum Gasteiger partial charge on any atom is 0.306 e. The Morgan fingerprint density at radius 2 is 0.513 bits per heavy atom. The summed E-state index contributed by atoms with van der Waals surface area (Å²) in [6.45, 7) is 6.52. The summed E-state index contributed by atoms with van der Waals surface area (Å²) in [6.07, 6.45) is 86.6. The summed E-state index contributed by atoms with van der Waals surface area (Å²) < 4.78 is 16.9. The lowest BCUT2D eigenvalue weighted by Gasteiger charge is -2.18. The molecule has 0 aromatic heterocycles. The Hall–Kier alpha value is -3.15. The van der Waals surface area contributed by atoms with Crippen LogP contribution in [-0.2, 0) is 28.6 Å². The zero-order valence-electron chi connectivity index (χ0n) is 51.9. The summed E-state index contributed by atoms with van der Waals surface area (Å²) in [7, 11) is 0. The van der Waals surface area contributed by atoms with Crippen LogP contribution in [0.15, 0.2) is 72.9 Å². The molecule has 0 aliphatic heterocycles. The summed E-state index contributed by atoms with van der Waals surface area (Å²) in [6, 6.07) is 0. The van der Waals surface area contributed by atoms with E-state index in [1.54, 1.807) is 0 Å². The average molecular weight is 1090 g/mol. The quantitative estimate of drug-likeness (QED) is 0.0261. The van der Waals surface area contributed by atoms with Gasteiger partial charge < -0.3 is 14.2 Å². The van der Waals surface area contributed by atoms with E-state index in [0.29, 0.717) is 19.3 Å². The number of hydrogen-bond donors (Lipinski definition) is 0. The van der Waals surface area contributed by atoms with Crippen LogP contribution in [0.1, 0.15) is 348 Å². The summed E-state index contributed by atoms with van der Waals surface area (Å²) in [5.74, 6) is -0.862. The number of esters is 3. The molecule has 0 aliphatic carbocycles. The summed E-state index contributed by atoms with van der Waals surface area (Å²) in [5, 5.41) is 0. The average Bonchev–Trinajstić information content (AvgIpc) is 3.44. The predicted octanol–water partition coefficient (Wildman–Crippen LogP) is 23.3. The first-order chi connectivity index (χ1) is 38.5. The third kappa shape index (κ3) is 63.7. The molecule has 0 N–H and O–H groups in total. The molecule has 1 unspecified atom stereocenters. The van der Waals surface area contributed by atoms with E-state index in [0.717, 1.165) is 96.3 Å². The normalized spacial score (nSPS) is 12.5. The van der Waals surface area contributed by atoms with Crippen LogP contribution in [0, 0.1) is 0 Å². The zero-order valence-corrected chi connectivity index (χ0v) is 51.9. The van der Waals surface area contributed by atoms with Crippen molar-refractivity contribution in [1.82, 2.24) is 0 Å². The summed E-state index contributed by atoms with van der Waals surface area (Å²) in [5.41, 5.74) is 0. The fraction of sp³-hybridized carbons (Fsp3) is 0.792. The lowest BCUT2D eigenvalue weighted by atomic mass is 10.0. The molecule has 0 aromatic carbocycles. The molecule has 0 radical (unpaired) electrons. The number of carbonyl (C=O) groups excluding carboxylic acids is 3. The summed E-state index contributed by atoms with van der Waals surface area (Å²) >= 11 is 0. The van der Waals surface area contributed by atoms with E-state index in [1.807, 2.05) is 0 Å². The van der Waals surface area contributed by atoms with E-state index in [9.17, 15) is 14.4 Å². The van der Waals surface area contributed by atoms with Crippen LogP contribution in [0.5, 0.6) is 0 Å². The van der Waals surface area contributed by atoms with Crippen LogP contribution >= 0.6 is 0 Å². The van der Waals surface area contributed by atoms with Gasteiger partial charge in [0.25, 0.3) is 0 Å². The van der Waals surface area contributed by atoms with E-state index >= 15 is 0 Å². The van der Waals surface area contributed by atoms with Crippen LogP contribution in [0.4, 0.5) is 0 Å². The van der Waals surface area contributed by atoms with Gasteiger partial charge in [-0.25, -0.2) is 0 Å². The highest BCUT2D eigenvalue weighted by molar-refractivity contribution is 5.71. The van der Waals surface area contributed by atoms with Crippen molar-refractivity contribution in [2.24, 2.45) is 0 Å². The first-order valence-electron chi connectivity index (χ1n) is 33.9. The zero-order chi connectivity index (χ0) is 56.4. The van der Waals surface area contributed by atoms with Gasteiger partial charge in [-0.15, -0.1) is 0 Å². The van der Waals surface area contributed by atoms with Crippen LogP contribution in [0.25, 0.3) is 0 Å². The number of allylic oxidation sites excluding steroid dienone is 12. The van der Waals surface area contributed by atoms with Gasteiger partial charge in [0.15, 0.2) is 6.10 Å². The van der Waals surface area contributed by atoms with Crippen LogP contribution in [-0.4, -0.2) is 37.2 Å². The Balaban J connectivity index is 4.04. The van der Waals surface area contributed by atoms with Crippen LogP contribution in [0.3, 0.4) is 0 Å². The fourth-order valence-corrected chi connectivity index (χ4v) is 9.87. The van der Waals surface area contributed by atoms with Gasteiger partial charge in [0.2, 0.25) is 0 Å². The van der Waals surface area contributed by atoms with Crippen molar-refractivity contribution in [3.05, 3.63) is 72.9 Å². The Labute approximate surface area is 484 Å². The minimum atomic E-state index is -0.773. The highest BCUT2D eigenvalue weighted by Gasteiger charge is 2.19. The predicted molar refractivity (Wildman–Crippen MR) is 339 cm³/mol. The standard InChI is InChI=1S/C72H128O6/c1-4-7-10-13-16-19-22-24-26-27-28-29-30-31-32-33-34-35-36-37-38-39-40-41-42-43-44-45-46-48-50-53-56-59-62-65-71(74)77-68-69(67-76-70(73)64-61-58-55-52-49-21-18-15-12-9-6-3)78-72(75)66-63-60-57-54-51-47-25-23-20-17-14-11-8-5-2/h7,10,15-16,18-19,24,26,28-29,31-32,69H,4-6,8-9,11-14,17,20-23,25,27,30,33-68H2,1-3H3/b10-7-,18-15-,19-16-,26-24-,29-28-,32-31-. The molecule has 6 nitrogen and oxygen atoms in total. The van der Waals surface area contributed by atoms with Crippen molar-refractivity contribution in [2.75, 3.05) is 13.2 Å². The second-order valence-corrected chi connectivity index (χ2v) is 22.7. The van der Waals surface area contributed by atoms with E-state index in [2.05, 4.69) is 93.7 Å². The number of ether oxygens (including phenoxy) is 3. The van der Waals surface area contributed by atoms with Gasteiger partial charge in [0.1, 0.15) is 13.2 Å². The summed E-state index contributed by atoms with van der Waals surface area (Å²) in [4.78, 5) is 38.2. The van der Waals surface area contributed by atoms with Gasteiger partial charge in [-0.2, -0.15) is 0 Å². The molecular formula is C72H128O6. The number of hydrogen-bond acceptors (Lipinski definition) is 6. The molecule has 0 spiro atoms. The Morgan fingerprint density at radius 3 is 0.833 bits per heavy atom. The SMILES string of the molecule is CC/C=C\C/C=C\C/C=C\C/C=C\C/C=C\CCCCCCCCCCCCCCCCCCCCCC(=O)OCC(COC(=O)CCCCCCC/C=C\CCCC)OC(=O)CCCCCCCCCCCCCCCC. The maximum atomic E-state index is 12.9. The Kier molecular flexibility index (Phi) is 63.7. The molecule has 0 aliphatic rings. The van der Waals surface area contributed by atoms with Crippen LogP contribution < -0.4 is 0 Å². The van der Waals surface area contributed by atoms with E-state index in [-0.39, 0.29) is 31.1 Å². The topological polar surface area (TPSA) is 78.9 Å². The smallest absolute Gasteiger partial charge is 0.306 e. The van der Waals surface area contributed by atoms with Crippen molar-refractivity contribution >= 4 is 17.9 Å². The molecule has 0 heterocycles. The van der Waals surface area contributed by atoms with Gasteiger partial charge in [-0.3, -0.25) is 14.4 Å². The minimum Gasteiger partial charge on any atom is -0.462 e. The Bertz CT molecular complexity index is 1440. The molecule has 0 bridgehead atoms. The molecule has 452 valence electrons. The highest BCUT2D eigenvalue weighted by atomic mass is 16.6. The van der Waals surface area contributed by atoms with E-state index < -0.39 is 6.10 Å². The number of unbranched alkanes of at least 4 members (excludes halogenated alkanes) is 39. The lowest BCUT2D eigenvalue weighted by molar-refractivity contribution is -0.167. The molecule has 0 saturated heterocycles. The van der Waals surface area contributed by atoms with Crippen molar-refractivity contribution in [1.29, 1.82) is 0 Å². The van der Waals surface area contributed by atoms with Gasteiger partial charge in [-0.1, -0.05) is 318 Å². The largest absolute Gasteiger partial charge is 0.462 e. The van der Waals surface area contributed by atoms with E-state index in [1.165, 1.54) is 212 Å². The van der Waals surface area contributed by atoms with E-state index in [4.69, 9.17) is 14.2 Å². The van der Waals surface area contributed by atoms with Crippen LogP contribution in [0.2, 0.25) is 0 Å². The molecule has 0 saturated carbocycles. The first kappa shape index (κ1) is 74.8. The van der Waals surface area contributed by atoms with Crippen molar-refractivity contribution in [3.8, 4) is 0 Å². The second kappa shape index (κ2) is 66.4. The number of rotatable bonds is 62. The number of carbonyl (C=O) groups is 3. The highest BCUT2D eigenvalue weighted by Crippen LogP contribution is 2.18. The molecule has 1 atom stereocenters. The van der Waals surface area contributed by atoms with Crippen molar-refractivity contribution < 1.29 is 28.6 Å². The lowest BCUT2D eigenvalue weighted by Crippen LogP contribution is -2.30. The molecule has 78 heavy (non-hydrogen) atoms. The Morgan fingerprint density at radius 1 is 0.269 bits per heavy atom. The van der Waals surface area contributed by atoms with Gasteiger partial charge >= 0.3 is 17.9 Å². The van der Waals surface area contributed by atoms with Gasteiger partial charge in [-0.05, 0) is 83.5 Å². The monoisotopic (exact) mass is 1090 g/mol. The first-order valence-corrected chi connectivity index (χ1v) is 33.9. The van der Waals surface area contributed by atoms with Gasteiger partial charge in [0.05, 0.1) is 0 Å². The third-order valence-electron chi connectivity index (χ3n) is 14.9. The molecule has 0 amide bonds. The van der Waals surface area contributed by atoms with Crippen molar-refractivity contribution in [3.63, 3.8) is 0 Å². The molecule has 0 rings (SSSR count). The molecule has 0 fully saturated rings. The maximum absolute atomic E-state index is 12.9. The molecular weight excluding hydrogens is 961 g/mol. The fourth-order valence-electron chi connectivity index (χ4n) is 9.87. The molecule has 0 aromatic rings. The molecule has 6 heteroatoms. The third-order valence-corrected chi connectivity index (χ3v) is 14.9. The van der Waals surface area contributed by atoms with Crippen molar-refractivity contribution in [2.45, 2.75) is 354 Å². The van der Waals surface area contributed by atoms with Gasteiger partial charge in [0, 0.05) is 19.3 Å². The second-order valence-electron chi connectivity index (χ2n) is 22.7. The minimum absolute atomic E-state index is 0.0716.